The number of aryl methyl sites for hydroxylation is 1. The van der Waals surface area contributed by atoms with Gasteiger partial charge in [0.25, 0.3) is 6.43 Å². The molecule has 1 aliphatic rings. The second kappa shape index (κ2) is 8.60. The highest BCUT2D eigenvalue weighted by Gasteiger charge is 2.34. The summed E-state index contributed by atoms with van der Waals surface area (Å²) in [5.41, 5.74) is 3.82. The first kappa shape index (κ1) is 22.5. The molecule has 4 heterocycles. The summed E-state index contributed by atoms with van der Waals surface area (Å²) >= 11 is 0. The second-order valence-corrected chi connectivity index (χ2v) is 8.63. The Morgan fingerprint density at radius 1 is 1.16 bits per heavy atom. The number of carbonyl (C=O) groups excluding carboxylic acids is 1. The zero-order valence-corrected chi connectivity index (χ0v) is 19.5. The van der Waals surface area contributed by atoms with Gasteiger partial charge in [-0.3, -0.25) is 9.58 Å². The summed E-state index contributed by atoms with van der Waals surface area (Å²) in [5.74, 6) is 0.270. The van der Waals surface area contributed by atoms with Gasteiger partial charge in [-0.15, -0.1) is 0 Å². The predicted molar refractivity (Wildman–Crippen MR) is 133 cm³/mol. The van der Waals surface area contributed by atoms with E-state index in [1.54, 1.807) is 40.0 Å². The van der Waals surface area contributed by atoms with Crippen molar-refractivity contribution in [1.82, 2.24) is 19.7 Å². The van der Waals surface area contributed by atoms with Crippen LogP contribution < -0.4 is 14.5 Å². The quantitative estimate of drug-likeness (QED) is 0.356. The Kier molecular flexibility index (Phi) is 5.22. The SMILES string of the molecule is Cn1cc2cc(N3Cc4ccc(OCC(F)F)nc4N(c4ccc5[nH]cc(C#N)c5c4)C3=O)ccc2n1. The molecule has 0 saturated heterocycles. The number of pyridine rings is 1. The molecule has 11 heteroatoms. The van der Waals surface area contributed by atoms with Gasteiger partial charge in [-0.1, -0.05) is 0 Å². The number of carbonyl (C=O) groups is 1. The number of aromatic nitrogens is 4. The third kappa shape index (κ3) is 3.88. The lowest BCUT2D eigenvalue weighted by atomic mass is 10.1. The maximum Gasteiger partial charge on any atom is 0.335 e. The number of fused-ring (bicyclic) bond motifs is 3. The van der Waals surface area contributed by atoms with Crippen LogP contribution in [0.4, 0.5) is 30.8 Å². The van der Waals surface area contributed by atoms with Crippen LogP contribution in [-0.2, 0) is 13.6 Å². The van der Waals surface area contributed by atoms with Gasteiger partial charge in [0.05, 0.1) is 23.3 Å². The molecular formula is C26H19F2N7O2. The number of halogens is 2. The lowest BCUT2D eigenvalue weighted by Gasteiger charge is -2.36. The minimum atomic E-state index is -2.66. The molecule has 37 heavy (non-hydrogen) atoms. The molecule has 5 aromatic rings. The first-order valence-electron chi connectivity index (χ1n) is 11.4. The number of nitrogens with one attached hydrogen (secondary N) is 1. The summed E-state index contributed by atoms with van der Waals surface area (Å²) in [6.07, 6.45) is 0.815. The number of urea groups is 1. The molecule has 1 aliphatic heterocycles. The number of nitriles is 1. The highest BCUT2D eigenvalue weighted by Crippen LogP contribution is 2.38. The van der Waals surface area contributed by atoms with E-state index in [9.17, 15) is 18.8 Å². The summed E-state index contributed by atoms with van der Waals surface area (Å²) in [6, 6.07) is 15.8. The molecule has 2 aromatic carbocycles. The number of hydrogen-bond acceptors (Lipinski definition) is 5. The van der Waals surface area contributed by atoms with Crippen molar-refractivity contribution >= 4 is 45.0 Å². The number of aromatic amines is 1. The van der Waals surface area contributed by atoms with Crippen LogP contribution in [0.25, 0.3) is 21.8 Å². The first-order valence-corrected chi connectivity index (χ1v) is 11.4. The molecule has 1 N–H and O–H groups in total. The fourth-order valence-electron chi connectivity index (χ4n) is 4.53. The standard InChI is InChI=1S/C26H19F2N7O2/c1-33-12-16-8-18(3-5-21(16)32-33)34-13-15-2-7-24(37-14-23(27)28)31-25(15)35(26(34)36)19-4-6-22-20(9-19)17(10-29)11-30-22/h2-9,11-12,23,30H,13-14H2,1H3. The summed E-state index contributed by atoms with van der Waals surface area (Å²) in [6.45, 7) is -0.591. The van der Waals surface area contributed by atoms with Gasteiger partial charge in [0.2, 0.25) is 5.88 Å². The molecule has 0 radical (unpaired) electrons. The number of nitrogens with zero attached hydrogens (tertiary/aromatic N) is 6. The normalized spacial score (nSPS) is 13.4. The van der Waals surface area contributed by atoms with E-state index in [1.165, 1.54) is 11.0 Å². The third-order valence-corrected chi connectivity index (χ3v) is 6.21. The maximum absolute atomic E-state index is 14.0. The smallest absolute Gasteiger partial charge is 0.335 e. The molecule has 0 saturated carbocycles. The Labute approximate surface area is 209 Å². The molecule has 3 aromatic heterocycles. The van der Waals surface area contributed by atoms with E-state index in [0.717, 1.165) is 16.4 Å². The van der Waals surface area contributed by atoms with E-state index in [4.69, 9.17) is 4.74 Å². The number of benzene rings is 2. The molecular weight excluding hydrogens is 480 g/mol. The van der Waals surface area contributed by atoms with Crippen molar-refractivity contribution in [3.8, 4) is 11.9 Å². The largest absolute Gasteiger partial charge is 0.472 e. The Bertz CT molecular complexity index is 1720. The fourth-order valence-corrected chi connectivity index (χ4v) is 4.53. The van der Waals surface area contributed by atoms with Gasteiger partial charge >= 0.3 is 6.03 Å². The summed E-state index contributed by atoms with van der Waals surface area (Å²) < 4.78 is 32.3. The molecule has 9 nitrogen and oxygen atoms in total. The molecule has 0 spiro atoms. The number of amides is 2. The molecule has 0 bridgehead atoms. The monoisotopic (exact) mass is 499 g/mol. The number of anilines is 3. The maximum atomic E-state index is 14.0. The van der Waals surface area contributed by atoms with Crippen molar-refractivity contribution < 1.29 is 18.3 Å². The zero-order valence-electron chi connectivity index (χ0n) is 19.5. The highest BCUT2D eigenvalue weighted by atomic mass is 19.3. The van der Waals surface area contributed by atoms with Crippen LogP contribution in [0.15, 0.2) is 60.9 Å². The van der Waals surface area contributed by atoms with Gasteiger partial charge in [0.15, 0.2) is 6.61 Å². The van der Waals surface area contributed by atoms with Crippen LogP contribution in [0.1, 0.15) is 11.1 Å². The molecule has 2 amide bonds. The van der Waals surface area contributed by atoms with Crippen LogP contribution in [0, 0.1) is 11.3 Å². The van der Waals surface area contributed by atoms with Crippen molar-refractivity contribution in [2.24, 2.45) is 7.05 Å². The van der Waals surface area contributed by atoms with E-state index in [-0.39, 0.29) is 24.3 Å². The minimum absolute atomic E-state index is 0.0116. The van der Waals surface area contributed by atoms with E-state index in [2.05, 4.69) is 21.1 Å². The lowest BCUT2D eigenvalue weighted by molar-refractivity contribution is 0.0796. The number of hydrogen-bond donors (Lipinski definition) is 1. The summed E-state index contributed by atoms with van der Waals surface area (Å²) in [7, 11) is 1.83. The Morgan fingerprint density at radius 3 is 2.81 bits per heavy atom. The minimum Gasteiger partial charge on any atom is -0.472 e. The fraction of sp³-hybridized carbons (Fsp3) is 0.154. The van der Waals surface area contributed by atoms with E-state index < -0.39 is 13.0 Å². The van der Waals surface area contributed by atoms with Crippen LogP contribution in [0.5, 0.6) is 5.88 Å². The third-order valence-electron chi connectivity index (χ3n) is 6.21. The average molecular weight is 499 g/mol. The first-order chi connectivity index (χ1) is 17.9. The molecule has 0 atom stereocenters. The van der Waals surface area contributed by atoms with E-state index >= 15 is 0 Å². The molecule has 0 fully saturated rings. The molecule has 0 unspecified atom stereocenters. The number of H-pyrrole nitrogens is 1. The van der Waals surface area contributed by atoms with Crippen molar-refractivity contribution in [2.45, 2.75) is 13.0 Å². The Balaban J connectivity index is 1.48. The second-order valence-electron chi connectivity index (χ2n) is 8.63. The van der Waals surface area contributed by atoms with Crippen molar-refractivity contribution in [3.63, 3.8) is 0 Å². The van der Waals surface area contributed by atoms with Gasteiger partial charge < -0.3 is 9.72 Å². The van der Waals surface area contributed by atoms with Gasteiger partial charge in [0, 0.05) is 53.0 Å². The molecule has 184 valence electrons. The topological polar surface area (TPSA) is 103 Å². The average Bonchev–Trinajstić information content (AvgIpc) is 3.48. The number of rotatable bonds is 5. The molecule has 6 rings (SSSR count). The summed E-state index contributed by atoms with van der Waals surface area (Å²) in [5, 5.41) is 15.4. The van der Waals surface area contributed by atoms with Gasteiger partial charge in [-0.25, -0.2) is 18.5 Å². The van der Waals surface area contributed by atoms with Gasteiger partial charge in [0.1, 0.15) is 11.9 Å². The van der Waals surface area contributed by atoms with Crippen LogP contribution in [-0.4, -0.2) is 38.8 Å². The van der Waals surface area contributed by atoms with Gasteiger partial charge in [-0.2, -0.15) is 15.3 Å². The van der Waals surface area contributed by atoms with Gasteiger partial charge in [-0.05, 0) is 42.5 Å². The highest BCUT2D eigenvalue weighted by molar-refractivity contribution is 6.11. The Hall–Kier alpha value is -4.98. The van der Waals surface area contributed by atoms with Crippen molar-refractivity contribution in [2.75, 3.05) is 16.4 Å². The van der Waals surface area contributed by atoms with Crippen molar-refractivity contribution in [3.05, 3.63) is 72.1 Å². The van der Waals surface area contributed by atoms with Crippen molar-refractivity contribution in [1.29, 1.82) is 5.26 Å². The van der Waals surface area contributed by atoms with E-state index in [1.807, 2.05) is 31.4 Å². The lowest BCUT2D eigenvalue weighted by Crippen LogP contribution is -2.45. The summed E-state index contributed by atoms with van der Waals surface area (Å²) in [4.78, 5) is 24.5. The molecule has 0 aliphatic carbocycles. The predicted octanol–water partition coefficient (Wildman–Crippen LogP) is 5.24. The van der Waals surface area contributed by atoms with Crippen LogP contribution in [0.2, 0.25) is 0 Å². The van der Waals surface area contributed by atoms with Crippen LogP contribution in [0.3, 0.4) is 0 Å². The Morgan fingerprint density at radius 2 is 2.00 bits per heavy atom. The zero-order chi connectivity index (χ0) is 25.7. The number of ether oxygens (including phenoxy) is 1. The van der Waals surface area contributed by atoms with E-state index in [0.29, 0.717) is 27.9 Å². The van der Waals surface area contributed by atoms with Crippen LogP contribution >= 0.6 is 0 Å². The number of alkyl halides is 2.